The number of hydrogen-bond acceptors (Lipinski definition) is 8. The molecule has 186 valence electrons. The highest BCUT2D eigenvalue weighted by atomic mass is 32.2. The van der Waals surface area contributed by atoms with Crippen LogP contribution in [0.3, 0.4) is 0 Å². The molecule has 2 amide bonds. The van der Waals surface area contributed by atoms with Gasteiger partial charge in [0.25, 0.3) is 0 Å². The molecule has 4 rings (SSSR count). The van der Waals surface area contributed by atoms with E-state index in [-0.39, 0.29) is 36.8 Å². The molecule has 35 heavy (non-hydrogen) atoms. The first kappa shape index (κ1) is 24.8. The van der Waals surface area contributed by atoms with Crippen molar-refractivity contribution in [2.75, 3.05) is 20.3 Å². The number of nitrogens with one attached hydrogen (secondary N) is 1. The molecule has 2 fully saturated rings. The lowest BCUT2D eigenvalue weighted by Crippen LogP contribution is -2.70. The predicted octanol–water partition coefficient (Wildman–Crippen LogP) is 1.60. The Hall–Kier alpha value is -3.27. The summed E-state index contributed by atoms with van der Waals surface area (Å²) >= 11 is 1.46. The molecule has 1 unspecified atom stereocenters. The van der Waals surface area contributed by atoms with Gasteiger partial charge in [-0.2, -0.15) is 0 Å². The molecule has 2 saturated heterocycles. The Balaban J connectivity index is 1.27. The van der Waals surface area contributed by atoms with Crippen LogP contribution < -0.4 is 5.32 Å². The van der Waals surface area contributed by atoms with Crippen molar-refractivity contribution >= 4 is 35.5 Å². The summed E-state index contributed by atoms with van der Waals surface area (Å²) in [5.74, 6) is -1.55. The Morgan fingerprint density at radius 1 is 1.14 bits per heavy atom. The Morgan fingerprint density at radius 3 is 2.57 bits per heavy atom. The number of fused-ring (bicyclic) bond motifs is 1. The number of esters is 2. The zero-order chi connectivity index (χ0) is 25.2. The molecule has 0 saturated carbocycles. The Kier molecular flexibility index (Phi) is 7.20. The highest BCUT2D eigenvalue weighted by molar-refractivity contribution is 8.01. The van der Waals surface area contributed by atoms with Gasteiger partial charge in [-0.1, -0.05) is 36.4 Å². The number of carbonyl (C=O) groups is 4. The van der Waals surface area contributed by atoms with Gasteiger partial charge in [-0.25, -0.2) is 9.59 Å². The van der Waals surface area contributed by atoms with Gasteiger partial charge < -0.3 is 24.6 Å². The Bertz CT molecular complexity index is 1070. The van der Waals surface area contributed by atoms with E-state index in [0.717, 1.165) is 5.56 Å². The summed E-state index contributed by atoms with van der Waals surface area (Å²) < 4.78 is 9.97. The smallest absolute Gasteiger partial charge is 0.335 e. The lowest BCUT2D eigenvalue weighted by atomic mass is 9.96. The van der Waals surface area contributed by atoms with Gasteiger partial charge in [0.05, 0.1) is 12.0 Å². The molecule has 0 aliphatic carbocycles. The highest BCUT2D eigenvalue weighted by Crippen LogP contribution is 2.51. The predicted molar refractivity (Wildman–Crippen MR) is 130 cm³/mol. The molecule has 1 aromatic carbocycles. The summed E-state index contributed by atoms with van der Waals surface area (Å²) in [6, 6.07) is 7.83. The number of β-lactam (4-membered cyclic amide) rings is 1. The fourth-order valence-electron chi connectivity index (χ4n) is 4.40. The standard InChI is InChI=1S/C25H29N3O6S/c1-25(2)20(24(32)34-13-12-33-23(31)17-10-7-11-27(3)15-17)28-21(30)19(22(28)35-25)26-18(29)14-16-8-5-4-6-9-16/h4-9,11,15,19-20,22H,10,12-14H2,1-3H3,(H,26,29)/t19?,20-,22+/m0/s1. The summed E-state index contributed by atoms with van der Waals surface area (Å²) in [6.07, 6.45) is 6.06. The van der Waals surface area contributed by atoms with Gasteiger partial charge >= 0.3 is 11.9 Å². The number of nitrogens with zero attached hydrogens (tertiary/aromatic N) is 2. The maximum atomic E-state index is 12.9. The lowest BCUT2D eigenvalue weighted by molar-refractivity contribution is -0.165. The van der Waals surface area contributed by atoms with E-state index < -0.39 is 28.8 Å². The van der Waals surface area contributed by atoms with E-state index in [4.69, 9.17) is 9.47 Å². The highest BCUT2D eigenvalue weighted by Gasteiger charge is 2.64. The normalized spacial score (nSPS) is 24.3. The van der Waals surface area contributed by atoms with Crippen LogP contribution in [0, 0.1) is 0 Å². The number of thioether (sulfide) groups is 1. The van der Waals surface area contributed by atoms with E-state index in [1.54, 1.807) is 11.1 Å². The van der Waals surface area contributed by atoms with Crippen LogP contribution in [0.4, 0.5) is 0 Å². The molecule has 10 heteroatoms. The van der Waals surface area contributed by atoms with Gasteiger partial charge in [0.15, 0.2) is 0 Å². The molecule has 3 heterocycles. The van der Waals surface area contributed by atoms with Crippen LogP contribution >= 0.6 is 11.8 Å². The zero-order valence-corrected chi connectivity index (χ0v) is 20.7. The number of hydrogen-bond donors (Lipinski definition) is 1. The first-order valence-corrected chi connectivity index (χ1v) is 12.3. The van der Waals surface area contributed by atoms with Gasteiger partial charge in [0.2, 0.25) is 11.8 Å². The van der Waals surface area contributed by atoms with E-state index in [1.807, 2.05) is 63.5 Å². The second kappa shape index (κ2) is 10.2. The minimum Gasteiger partial charge on any atom is -0.460 e. The van der Waals surface area contributed by atoms with E-state index in [1.165, 1.54) is 16.7 Å². The quantitative estimate of drug-likeness (QED) is 0.327. The van der Waals surface area contributed by atoms with Crippen LogP contribution in [0.1, 0.15) is 25.8 Å². The molecule has 9 nitrogen and oxygen atoms in total. The van der Waals surface area contributed by atoms with Crippen LogP contribution in [0.25, 0.3) is 0 Å². The van der Waals surface area contributed by atoms with Crippen LogP contribution in [0.15, 0.2) is 54.4 Å². The first-order chi connectivity index (χ1) is 16.7. The minimum absolute atomic E-state index is 0.0782. The van der Waals surface area contributed by atoms with Gasteiger partial charge in [-0.3, -0.25) is 9.59 Å². The Labute approximate surface area is 208 Å². The van der Waals surface area contributed by atoms with Crippen molar-refractivity contribution in [1.29, 1.82) is 0 Å². The zero-order valence-electron chi connectivity index (χ0n) is 19.9. The van der Waals surface area contributed by atoms with Gasteiger partial charge in [0.1, 0.15) is 30.7 Å². The second-order valence-corrected chi connectivity index (χ2v) is 11.0. The fraction of sp³-hybridized carbons (Fsp3) is 0.440. The molecule has 3 aliphatic heterocycles. The van der Waals surface area contributed by atoms with Crippen LogP contribution in [-0.4, -0.2) is 76.0 Å². The topological polar surface area (TPSA) is 105 Å². The minimum atomic E-state index is -0.789. The number of rotatable bonds is 8. The average molecular weight is 500 g/mol. The van der Waals surface area contributed by atoms with Crippen molar-refractivity contribution in [3.63, 3.8) is 0 Å². The van der Waals surface area contributed by atoms with Crippen molar-refractivity contribution < 1.29 is 28.7 Å². The van der Waals surface area contributed by atoms with E-state index in [9.17, 15) is 19.2 Å². The second-order valence-electron chi connectivity index (χ2n) is 9.18. The monoisotopic (exact) mass is 499 g/mol. The molecule has 0 aromatic heterocycles. The fourth-order valence-corrected chi connectivity index (χ4v) is 6.02. The number of ether oxygens (including phenoxy) is 2. The summed E-state index contributed by atoms with van der Waals surface area (Å²) in [6.45, 7) is 3.56. The molecule has 1 aromatic rings. The summed E-state index contributed by atoms with van der Waals surface area (Å²) in [5.41, 5.74) is 1.38. The van der Waals surface area contributed by atoms with Crippen molar-refractivity contribution in [2.24, 2.45) is 0 Å². The maximum Gasteiger partial charge on any atom is 0.335 e. The molecular weight excluding hydrogens is 470 g/mol. The largest absolute Gasteiger partial charge is 0.460 e. The Morgan fingerprint density at radius 2 is 1.86 bits per heavy atom. The van der Waals surface area contributed by atoms with E-state index >= 15 is 0 Å². The van der Waals surface area contributed by atoms with Crippen LogP contribution in [0.5, 0.6) is 0 Å². The number of benzene rings is 1. The molecule has 0 bridgehead atoms. The molecule has 0 spiro atoms. The third kappa shape index (κ3) is 5.37. The van der Waals surface area contributed by atoms with Crippen LogP contribution in [0.2, 0.25) is 0 Å². The maximum absolute atomic E-state index is 12.9. The van der Waals surface area contributed by atoms with E-state index in [0.29, 0.717) is 12.0 Å². The van der Waals surface area contributed by atoms with Gasteiger partial charge in [-0.05, 0) is 25.6 Å². The molecule has 3 atom stereocenters. The summed E-state index contributed by atoms with van der Waals surface area (Å²) in [5, 5.41) is 2.47. The average Bonchev–Trinajstić information content (AvgIpc) is 3.08. The molecular formula is C25H29N3O6S. The van der Waals surface area contributed by atoms with E-state index in [2.05, 4.69) is 5.32 Å². The summed E-state index contributed by atoms with van der Waals surface area (Å²) in [7, 11) is 1.82. The third-order valence-electron chi connectivity index (χ3n) is 6.05. The van der Waals surface area contributed by atoms with Crippen molar-refractivity contribution in [1.82, 2.24) is 15.1 Å². The van der Waals surface area contributed by atoms with Gasteiger partial charge in [-0.15, -0.1) is 11.8 Å². The van der Waals surface area contributed by atoms with Crippen molar-refractivity contribution in [3.8, 4) is 0 Å². The lowest BCUT2D eigenvalue weighted by Gasteiger charge is -2.43. The van der Waals surface area contributed by atoms with Gasteiger partial charge in [0, 0.05) is 24.4 Å². The SMILES string of the molecule is CN1C=CCC(C(=O)OCCOC(=O)[C@@H]2N3C(=O)C(NC(=O)Cc4ccccc4)[C@H]3SC2(C)C)=C1. The van der Waals surface area contributed by atoms with Crippen LogP contribution in [-0.2, 0) is 35.1 Å². The molecule has 1 N–H and O–H groups in total. The number of carbonyl (C=O) groups excluding carboxylic acids is 4. The third-order valence-corrected chi connectivity index (χ3v) is 7.62. The summed E-state index contributed by atoms with van der Waals surface area (Å²) in [4.78, 5) is 53.6. The molecule has 3 aliphatic rings. The first-order valence-electron chi connectivity index (χ1n) is 11.4. The number of allylic oxidation sites excluding steroid dienone is 1. The van der Waals surface area contributed by atoms with Crippen molar-refractivity contribution in [3.05, 3.63) is 59.9 Å². The molecule has 0 radical (unpaired) electrons. The number of amides is 2. The van der Waals surface area contributed by atoms with Crippen molar-refractivity contribution in [2.45, 2.75) is 48.9 Å².